The van der Waals surface area contributed by atoms with Crippen LogP contribution in [0.3, 0.4) is 0 Å². The molecule has 1 unspecified atom stereocenters. The van der Waals surface area contributed by atoms with E-state index in [9.17, 15) is 9.59 Å². The number of rotatable bonds is 6. The van der Waals surface area contributed by atoms with Gasteiger partial charge in [0.1, 0.15) is 6.10 Å². The number of carbonyl (C=O) groups is 2. The highest BCUT2D eigenvalue weighted by Gasteiger charge is 2.27. The zero-order chi connectivity index (χ0) is 17.6. The van der Waals surface area contributed by atoms with Gasteiger partial charge in [-0.3, -0.25) is 0 Å². The van der Waals surface area contributed by atoms with Gasteiger partial charge in [0, 0.05) is 0 Å². The maximum Gasteiger partial charge on any atom is 0.338 e. The molecule has 0 N–H and O–H groups in total. The maximum atomic E-state index is 12.2. The first-order valence-electron chi connectivity index (χ1n) is 8.13. The first-order valence-corrected chi connectivity index (χ1v) is 8.13. The molecule has 4 heteroatoms. The highest BCUT2D eigenvalue weighted by Crippen LogP contribution is 2.25. The predicted molar refractivity (Wildman–Crippen MR) is 90.5 cm³/mol. The molecule has 0 bridgehead atoms. The Morgan fingerprint density at radius 3 is 1.87 bits per heavy atom. The van der Waals surface area contributed by atoms with Crippen LogP contribution in [0.2, 0.25) is 0 Å². The summed E-state index contributed by atoms with van der Waals surface area (Å²) in [5.41, 5.74) is 0.767. The third kappa shape index (κ3) is 6.05. The average molecular weight is 320 g/mol. The molecule has 0 aliphatic carbocycles. The predicted octanol–water partition coefficient (Wildman–Crippen LogP) is 4.48. The second-order valence-corrected chi connectivity index (χ2v) is 7.24. The maximum absolute atomic E-state index is 12.2. The topological polar surface area (TPSA) is 52.6 Å². The summed E-state index contributed by atoms with van der Waals surface area (Å²) in [7, 11) is 0. The number of hydrogen-bond acceptors (Lipinski definition) is 4. The Hall–Kier alpha value is -1.84. The number of carbonyl (C=O) groups excluding carboxylic acids is 2. The summed E-state index contributed by atoms with van der Waals surface area (Å²) in [4.78, 5) is 24.1. The number of ether oxygens (including phenoxy) is 2. The van der Waals surface area contributed by atoms with Crippen molar-refractivity contribution in [2.45, 2.75) is 54.1 Å². The van der Waals surface area contributed by atoms with Gasteiger partial charge in [-0.25, -0.2) is 9.59 Å². The molecule has 0 amide bonds. The summed E-state index contributed by atoms with van der Waals surface area (Å²) in [5, 5.41) is 0. The molecule has 0 aromatic heterocycles. The summed E-state index contributed by atoms with van der Waals surface area (Å²) in [5.74, 6) is -0.454. The van der Waals surface area contributed by atoms with Gasteiger partial charge in [0.15, 0.2) is 0 Å². The van der Waals surface area contributed by atoms with E-state index in [0.717, 1.165) is 6.42 Å². The van der Waals surface area contributed by atoms with E-state index < -0.39 is 0 Å². The Morgan fingerprint density at radius 1 is 1.00 bits per heavy atom. The second-order valence-electron chi connectivity index (χ2n) is 7.24. The van der Waals surface area contributed by atoms with Crippen LogP contribution >= 0.6 is 0 Å². The van der Waals surface area contributed by atoms with Gasteiger partial charge >= 0.3 is 11.9 Å². The zero-order valence-electron chi connectivity index (χ0n) is 15.0. The molecule has 0 aliphatic rings. The van der Waals surface area contributed by atoms with E-state index in [4.69, 9.17) is 9.47 Å². The summed E-state index contributed by atoms with van der Waals surface area (Å²) in [6.07, 6.45) is 0.611. The van der Waals surface area contributed by atoms with Gasteiger partial charge in [0.25, 0.3) is 0 Å². The van der Waals surface area contributed by atoms with E-state index in [0.29, 0.717) is 17.7 Å². The molecule has 0 spiro atoms. The van der Waals surface area contributed by atoms with Crippen LogP contribution in [0.1, 0.15) is 68.7 Å². The molecule has 23 heavy (non-hydrogen) atoms. The lowest BCUT2D eigenvalue weighted by molar-refractivity contribution is -0.00406. The summed E-state index contributed by atoms with van der Waals surface area (Å²) in [6.45, 7) is 12.5. The van der Waals surface area contributed by atoms with Crippen molar-refractivity contribution in [1.82, 2.24) is 0 Å². The van der Waals surface area contributed by atoms with Crippen molar-refractivity contribution < 1.29 is 19.1 Å². The van der Waals surface area contributed by atoms with Gasteiger partial charge in [0.2, 0.25) is 0 Å². The third-order valence-corrected chi connectivity index (χ3v) is 3.49. The largest absolute Gasteiger partial charge is 0.462 e. The second kappa shape index (κ2) is 8.14. The molecule has 1 rings (SSSR count). The Labute approximate surface area is 139 Å². The molecule has 1 atom stereocenters. The highest BCUT2D eigenvalue weighted by molar-refractivity contribution is 5.93. The van der Waals surface area contributed by atoms with Crippen LogP contribution < -0.4 is 0 Å². The van der Waals surface area contributed by atoms with Crippen LogP contribution in [0.5, 0.6) is 0 Å². The molecular formula is C19H28O4. The Morgan fingerprint density at radius 2 is 1.48 bits per heavy atom. The minimum atomic E-state index is -0.375. The van der Waals surface area contributed by atoms with E-state index in [2.05, 4.69) is 0 Å². The van der Waals surface area contributed by atoms with Crippen molar-refractivity contribution in [3.63, 3.8) is 0 Å². The van der Waals surface area contributed by atoms with Crippen molar-refractivity contribution in [3.05, 3.63) is 35.4 Å². The lowest BCUT2D eigenvalue weighted by atomic mass is 9.87. The first kappa shape index (κ1) is 19.2. The summed E-state index contributed by atoms with van der Waals surface area (Å²) < 4.78 is 10.7. The fourth-order valence-electron chi connectivity index (χ4n) is 2.14. The molecule has 0 saturated carbocycles. The first-order chi connectivity index (χ1) is 10.6. The van der Waals surface area contributed by atoms with Crippen molar-refractivity contribution in [3.8, 4) is 0 Å². The molecule has 1 aromatic carbocycles. The normalized spacial score (nSPS) is 12.8. The van der Waals surface area contributed by atoms with Gasteiger partial charge in [-0.2, -0.15) is 0 Å². The van der Waals surface area contributed by atoms with Crippen LogP contribution in [0.25, 0.3) is 0 Å². The molecule has 0 saturated heterocycles. The van der Waals surface area contributed by atoms with E-state index in [1.54, 1.807) is 24.3 Å². The van der Waals surface area contributed by atoms with E-state index in [1.165, 1.54) is 0 Å². The van der Waals surface area contributed by atoms with E-state index in [-0.39, 0.29) is 29.4 Å². The molecule has 128 valence electrons. The minimum absolute atomic E-state index is 0.106. The van der Waals surface area contributed by atoms with E-state index >= 15 is 0 Å². The van der Waals surface area contributed by atoms with Crippen molar-refractivity contribution in [1.29, 1.82) is 0 Å². The third-order valence-electron chi connectivity index (χ3n) is 3.49. The van der Waals surface area contributed by atoms with Gasteiger partial charge in [-0.05, 0) is 42.0 Å². The molecule has 1 aromatic rings. The molecule has 0 fully saturated rings. The smallest absolute Gasteiger partial charge is 0.338 e. The van der Waals surface area contributed by atoms with Crippen LogP contribution in [0.4, 0.5) is 0 Å². The van der Waals surface area contributed by atoms with Gasteiger partial charge < -0.3 is 9.47 Å². The fourth-order valence-corrected chi connectivity index (χ4v) is 2.14. The molecule has 0 heterocycles. The molecular weight excluding hydrogens is 292 g/mol. The lowest BCUT2D eigenvalue weighted by Crippen LogP contribution is -2.31. The van der Waals surface area contributed by atoms with Crippen molar-refractivity contribution in [2.75, 3.05) is 6.61 Å². The van der Waals surface area contributed by atoms with Crippen LogP contribution in [0.15, 0.2) is 24.3 Å². The number of hydrogen-bond donors (Lipinski definition) is 0. The van der Waals surface area contributed by atoms with Crippen molar-refractivity contribution in [2.24, 2.45) is 11.3 Å². The monoisotopic (exact) mass is 320 g/mol. The zero-order valence-corrected chi connectivity index (χ0v) is 15.0. The lowest BCUT2D eigenvalue weighted by Gasteiger charge is -2.29. The quantitative estimate of drug-likeness (QED) is 0.725. The summed E-state index contributed by atoms with van der Waals surface area (Å²) >= 11 is 0. The SMILES string of the molecule is CCC(OC(=O)c1ccc(C(=O)OCC(C)C)cc1)C(C)(C)C. The Kier molecular flexibility index (Phi) is 6.79. The minimum Gasteiger partial charge on any atom is -0.462 e. The molecule has 0 aliphatic heterocycles. The molecule has 4 nitrogen and oxygen atoms in total. The van der Waals surface area contributed by atoms with Gasteiger partial charge in [-0.1, -0.05) is 41.5 Å². The van der Waals surface area contributed by atoms with Gasteiger partial charge in [-0.15, -0.1) is 0 Å². The summed E-state index contributed by atoms with van der Waals surface area (Å²) in [6, 6.07) is 6.39. The molecule has 0 radical (unpaired) electrons. The van der Waals surface area contributed by atoms with Crippen LogP contribution in [-0.4, -0.2) is 24.6 Å². The van der Waals surface area contributed by atoms with Crippen LogP contribution in [0, 0.1) is 11.3 Å². The van der Waals surface area contributed by atoms with E-state index in [1.807, 2.05) is 41.5 Å². The van der Waals surface area contributed by atoms with Crippen molar-refractivity contribution >= 4 is 11.9 Å². The highest BCUT2D eigenvalue weighted by atomic mass is 16.5. The van der Waals surface area contributed by atoms with Gasteiger partial charge in [0.05, 0.1) is 17.7 Å². The fraction of sp³-hybridized carbons (Fsp3) is 0.579. The Balaban J connectivity index is 2.72. The Bertz CT molecular complexity index is 523. The van der Waals surface area contributed by atoms with Crippen LogP contribution in [-0.2, 0) is 9.47 Å². The number of benzene rings is 1. The average Bonchev–Trinajstić information content (AvgIpc) is 2.48. The number of esters is 2. The standard InChI is InChI=1S/C19H28O4/c1-7-16(19(4,5)6)23-18(21)15-10-8-14(9-11-15)17(20)22-12-13(2)3/h8-11,13,16H,7,12H2,1-6H3.